The van der Waals surface area contributed by atoms with Crippen LogP contribution in [0.25, 0.3) is 10.9 Å². The molecule has 0 bridgehead atoms. The van der Waals surface area contributed by atoms with Gasteiger partial charge < -0.3 is 4.90 Å². The Bertz CT molecular complexity index is 863. The predicted molar refractivity (Wildman–Crippen MR) is 84.3 cm³/mol. The highest BCUT2D eigenvalue weighted by Gasteiger charge is 2.26. The molecule has 2 aromatic heterocycles. The lowest BCUT2D eigenvalue weighted by atomic mass is 10.1. The molecule has 22 heavy (non-hydrogen) atoms. The van der Waals surface area contributed by atoms with Crippen LogP contribution in [0.1, 0.15) is 27.3 Å². The Labute approximate surface area is 128 Å². The van der Waals surface area contributed by atoms with Crippen LogP contribution in [-0.2, 0) is 13.1 Å². The van der Waals surface area contributed by atoms with Gasteiger partial charge in [-0.05, 0) is 30.7 Å². The van der Waals surface area contributed by atoms with E-state index in [-0.39, 0.29) is 5.91 Å². The van der Waals surface area contributed by atoms with Crippen LogP contribution in [0, 0.1) is 6.92 Å². The summed E-state index contributed by atoms with van der Waals surface area (Å²) in [6.07, 6.45) is 1.77. The van der Waals surface area contributed by atoms with Crippen LogP contribution in [0.4, 0.5) is 0 Å². The number of para-hydroxylation sites is 1. The largest absolute Gasteiger partial charge is 0.328 e. The topological polar surface area (TPSA) is 46.1 Å². The SMILES string of the molecule is Cc1ccc2cccc(C(=O)N3Cc4cccnc4C3)c2n1. The molecule has 3 heterocycles. The lowest BCUT2D eigenvalue weighted by molar-refractivity contribution is 0.0752. The van der Waals surface area contributed by atoms with Crippen molar-refractivity contribution in [2.45, 2.75) is 20.0 Å². The monoisotopic (exact) mass is 289 g/mol. The first kappa shape index (κ1) is 13.0. The van der Waals surface area contributed by atoms with E-state index in [2.05, 4.69) is 9.97 Å². The number of fused-ring (bicyclic) bond motifs is 2. The zero-order valence-corrected chi connectivity index (χ0v) is 12.3. The lowest BCUT2D eigenvalue weighted by Gasteiger charge is -2.16. The van der Waals surface area contributed by atoms with Crippen molar-refractivity contribution in [3.05, 3.63) is 71.2 Å². The standard InChI is InChI=1S/C18H15N3O/c1-12-7-8-13-4-2-6-15(17(13)20-12)18(22)21-10-14-5-3-9-19-16(14)11-21/h2-9H,10-11H2,1H3. The Morgan fingerprint density at radius 2 is 2.00 bits per heavy atom. The van der Waals surface area contributed by atoms with Crippen LogP contribution in [-0.4, -0.2) is 20.8 Å². The first-order valence-corrected chi connectivity index (χ1v) is 7.31. The van der Waals surface area contributed by atoms with Gasteiger partial charge in [-0.3, -0.25) is 14.8 Å². The summed E-state index contributed by atoms with van der Waals surface area (Å²) in [6, 6.07) is 13.7. The molecule has 0 aliphatic carbocycles. The minimum absolute atomic E-state index is 0.0155. The van der Waals surface area contributed by atoms with Crippen LogP contribution >= 0.6 is 0 Å². The molecule has 1 aromatic carbocycles. The smallest absolute Gasteiger partial charge is 0.256 e. The highest BCUT2D eigenvalue weighted by atomic mass is 16.2. The average molecular weight is 289 g/mol. The van der Waals surface area contributed by atoms with Crippen molar-refractivity contribution in [1.82, 2.24) is 14.9 Å². The predicted octanol–water partition coefficient (Wildman–Crippen LogP) is 3.09. The van der Waals surface area contributed by atoms with Gasteiger partial charge in [0.2, 0.25) is 0 Å². The van der Waals surface area contributed by atoms with E-state index in [1.165, 1.54) is 0 Å². The molecule has 1 aliphatic heterocycles. The van der Waals surface area contributed by atoms with E-state index in [1.54, 1.807) is 6.20 Å². The quantitative estimate of drug-likeness (QED) is 0.691. The molecule has 0 fully saturated rings. The Kier molecular flexibility index (Phi) is 2.89. The molecule has 0 atom stereocenters. The Hall–Kier alpha value is -2.75. The fourth-order valence-electron chi connectivity index (χ4n) is 2.93. The molecule has 0 spiro atoms. The van der Waals surface area contributed by atoms with Crippen molar-refractivity contribution >= 4 is 16.8 Å². The molecular weight excluding hydrogens is 274 g/mol. The molecule has 0 radical (unpaired) electrons. The molecule has 4 nitrogen and oxygen atoms in total. The fourth-order valence-corrected chi connectivity index (χ4v) is 2.93. The molecule has 4 heteroatoms. The molecule has 3 aromatic rings. The third kappa shape index (κ3) is 2.04. The fraction of sp³-hybridized carbons (Fsp3) is 0.167. The summed E-state index contributed by atoms with van der Waals surface area (Å²) in [4.78, 5) is 23.6. The number of carbonyl (C=O) groups is 1. The second-order valence-corrected chi connectivity index (χ2v) is 5.60. The Morgan fingerprint density at radius 1 is 1.09 bits per heavy atom. The van der Waals surface area contributed by atoms with E-state index in [1.807, 2.05) is 54.3 Å². The normalized spacial score (nSPS) is 13.4. The second-order valence-electron chi connectivity index (χ2n) is 5.60. The van der Waals surface area contributed by atoms with Gasteiger partial charge in [0.1, 0.15) is 0 Å². The number of hydrogen-bond donors (Lipinski definition) is 0. The third-order valence-electron chi connectivity index (χ3n) is 4.06. The summed E-state index contributed by atoms with van der Waals surface area (Å²) >= 11 is 0. The van der Waals surface area contributed by atoms with Crippen molar-refractivity contribution in [3.63, 3.8) is 0 Å². The van der Waals surface area contributed by atoms with Crippen molar-refractivity contribution in [2.75, 3.05) is 0 Å². The van der Waals surface area contributed by atoms with E-state index in [0.29, 0.717) is 18.7 Å². The lowest BCUT2D eigenvalue weighted by Crippen LogP contribution is -2.25. The van der Waals surface area contributed by atoms with Gasteiger partial charge in [-0.15, -0.1) is 0 Å². The van der Waals surface area contributed by atoms with Gasteiger partial charge in [0.05, 0.1) is 23.3 Å². The van der Waals surface area contributed by atoms with Crippen molar-refractivity contribution in [3.8, 4) is 0 Å². The second kappa shape index (κ2) is 4.91. The summed E-state index contributed by atoms with van der Waals surface area (Å²) in [5, 5.41) is 0.992. The van der Waals surface area contributed by atoms with Gasteiger partial charge in [-0.1, -0.05) is 24.3 Å². The zero-order chi connectivity index (χ0) is 15.1. The highest BCUT2D eigenvalue weighted by Crippen LogP contribution is 2.25. The number of nitrogens with zero attached hydrogens (tertiary/aromatic N) is 3. The summed E-state index contributed by atoms with van der Waals surface area (Å²) in [6.45, 7) is 3.12. The molecule has 1 amide bonds. The van der Waals surface area contributed by atoms with Gasteiger partial charge in [0.25, 0.3) is 5.91 Å². The minimum atomic E-state index is 0.0155. The summed E-state index contributed by atoms with van der Waals surface area (Å²) in [7, 11) is 0. The highest BCUT2D eigenvalue weighted by molar-refractivity contribution is 6.05. The summed E-state index contributed by atoms with van der Waals surface area (Å²) in [5.74, 6) is 0.0155. The van der Waals surface area contributed by atoms with E-state index < -0.39 is 0 Å². The zero-order valence-electron chi connectivity index (χ0n) is 12.3. The van der Waals surface area contributed by atoms with E-state index >= 15 is 0 Å². The molecule has 4 rings (SSSR count). The number of benzene rings is 1. The first-order valence-electron chi connectivity index (χ1n) is 7.31. The van der Waals surface area contributed by atoms with E-state index in [9.17, 15) is 4.79 Å². The van der Waals surface area contributed by atoms with Gasteiger partial charge >= 0.3 is 0 Å². The average Bonchev–Trinajstić information content (AvgIpc) is 2.97. The van der Waals surface area contributed by atoms with Crippen LogP contribution < -0.4 is 0 Å². The number of rotatable bonds is 1. The molecule has 0 N–H and O–H groups in total. The molecule has 0 saturated heterocycles. The first-order chi connectivity index (χ1) is 10.7. The maximum atomic E-state index is 12.9. The Balaban J connectivity index is 1.74. The summed E-state index contributed by atoms with van der Waals surface area (Å²) in [5.41, 5.74) is 4.46. The van der Waals surface area contributed by atoms with Gasteiger partial charge in [0.15, 0.2) is 0 Å². The Morgan fingerprint density at radius 3 is 2.86 bits per heavy atom. The number of aryl methyl sites for hydroxylation is 1. The maximum absolute atomic E-state index is 12.9. The van der Waals surface area contributed by atoms with Crippen molar-refractivity contribution in [2.24, 2.45) is 0 Å². The van der Waals surface area contributed by atoms with E-state index in [4.69, 9.17) is 0 Å². The van der Waals surface area contributed by atoms with Crippen LogP contribution in [0.15, 0.2) is 48.7 Å². The minimum Gasteiger partial charge on any atom is -0.328 e. The number of pyridine rings is 2. The van der Waals surface area contributed by atoms with Crippen molar-refractivity contribution < 1.29 is 4.79 Å². The van der Waals surface area contributed by atoms with Crippen LogP contribution in [0.2, 0.25) is 0 Å². The number of carbonyl (C=O) groups excluding carboxylic acids is 1. The van der Waals surface area contributed by atoms with Crippen LogP contribution in [0.3, 0.4) is 0 Å². The molecule has 1 aliphatic rings. The number of hydrogen-bond acceptors (Lipinski definition) is 3. The maximum Gasteiger partial charge on any atom is 0.256 e. The molecular formula is C18H15N3O. The van der Waals surface area contributed by atoms with Crippen molar-refractivity contribution in [1.29, 1.82) is 0 Å². The molecule has 108 valence electrons. The van der Waals surface area contributed by atoms with Gasteiger partial charge in [-0.2, -0.15) is 0 Å². The summed E-state index contributed by atoms with van der Waals surface area (Å²) < 4.78 is 0. The molecule has 0 unspecified atom stereocenters. The van der Waals surface area contributed by atoms with E-state index in [0.717, 1.165) is 27.9 Å². The third-order valence-corrected chi connectivity index (χ3v) is 4.06. The van der Waals surface area contributed by atoms with Crippen LogP contribution in [0.5, 0.6) is 0 Å². The van der Waals surface area contributed by atoms with Gasteiger partial charge in [-0.25, -0.2) is 0 Å². The number of aromatic nitrogens is 2. The van der Waals surface area contributed by atoms with Gasteiger partial charge in [0, 0.05) is 23.8 Å². The number of amides is 1. The molecule has 0 saturated carbocycles.